The molecule has 3 heterocycles. The van der Waals surface area contributed by atoms with Gasteiger partial charge in [-0.25, -0.2) is 13.8 Å². The van der Waals surface area contributed by atoms with E-state index >= 15 is 4.39 Å². The molecule has 1 atom stereocenters. The van der Waals surface area contributed by atoms with E-state index in [9.17, 15) is 8.78 Å². The number of hydrogen-bond donors (Lipinski definition) is 0. The Bertz CT molecular complexity index is 1410. The summed E-state index contributed by atoms with van der Waals surface area (Å²) in [7, 11) is 0. The summed E-state index contributed by atoms with van der Waals surface area (Å²) in [5.74, 6) is 0.580. The van der Waals surface area contributed by atoms with Gasteiger partial charge in [0.15, 0.2) is 0 Å². The summed E-state index contributed by atoms with van der Waals surface area (Å²) in [6.07, 6.45) is 7.73. The van der Waals surface area contributed by atoms with E-state index in [0.717, 1.165) is 56.2 Å². The summed E-state index contributed by atoms with van der Waals surface area (Å²) in [4.78, 5) is 6.89. The fraction of sp³-hybridized carbons (Fsp3) is 0.400. The lowest BCUT2D eigenvalue weighted by Gasteiger charge is -2.34. The summed E-state index contributed by atoms with van der Waals surface area (Å²) in [6, 6.07) is 11.6. The molecule has 1 aromatic heterocycles. The van der Waals surface area contributed by atoms with Crippen LogP contribution in [0.1, 0.15) is 65.8 Å². The third kappa shape index (κ3) is 4.71. The zero-order chi connectivity index (χ0) is 26.3. The first kappa shape index (κ1) is 24.7. The number of likely N-dealkylation sites (tertiary alicyclic amines) is 1. The molecule has 0 bridgehead atoms. The zero-order valence-corrected chi connectivity index (χ0v) is 21.0. The highest BCUT2D eigenvalue weighted by Crippen LogP contribution is 2.48. The van der Waals surface area contributed by atoms with Gasteiger partial charge < -0.3 is 9.30 Å². The average Bonchev–Trinajstić information content (AvgIpc) is 3.59. The molecule has 2 aromatic carbocycles. The fourth-order valence-electron chi connectivity index (χ4n) is 5.67. The van der Waals surface area contributed by atoms with E-state index in [1.165, 1.54) is 18.2 Å². The second kappa shape index (κ2) is 9.95. The Morgan fingerprint density at radius 1 is 1.11 bits per heavy atom. The number of nitriles is 1. The minimum absolute atomic E-state index is 0.180. The minimum Gasteiger partial charge on any atom is -0.480 e. The predicted molar refractivity (Wildman–Crippen MR) is 137 cm³/mol. The van der Waals surface area contributed by atoms with Gasteiger partial charge in [-0.1, -0.05) is 18.2 Å². The van der Waals surface area contributed by atoms with Crippen LogP contribution >= 0.6 is 0 Å². The van der Waals surface area contributed by atoms with E-state index in [1.807, 2.05) is 24.4 Å². The highest BCUT2D eigenvalue weighted by Gasteiger charge is 2.43. The van der Waals surface area contributed by atoms with Crippen LogP contribution in [0.2, 0.25) is 0 Å². The van der Waals surface area contributed by atoms with E-state index in [1.54, 1.807) is 12.3 Å². The van der Waals surface area contributed by atoms with Gasteiger partial charge in [0, 0.05) is 29.9 Å². The number of aromatic nitrogens is 2. The van der Waals surface area contributed by atoms with Gasteiger partial charge in [0.1, 0.15) is 29.3 Å². The normalized spacial score (nSPS) is 20.8. The second-order valence-electron chi connectivity index (χ2n) is 10.8. The van der Waals surface area contributed by atoms with E-state index in [-0.39, 0.29) is 29.1 Å². The molecule has 5 nitrogen and oxygen atoms in total. The summed E-state index contributed by atoms with van der Waals surface area (Å²) >= 11 is 0. The lowest BCUT2D eigenvalue weighted by atomic mass is 9.86. The molecule has 3 aliphatic rings. The molecular formula is C30H29F3N4O. The highest BCUT2D eigenvalue weighted by molar-refractivity contribution is 5.70. The first-order chi connectivity index (χ1) is 18.5. The number of rotatable bonds is 7. The lowest BCUT2D eigenvalue weighted by Crippen LogP contribution is -2.34. The van der Waals surface area contributed by atoms with Crippen LogP contribution in [-0.2, 0) is 13.1 Å². The van der Waals surface area contributed by atoms with Crippen LogP contribution in [0.3, 0.4) is 0 Å². The van der Waals surface area contributed by atoms with Gasteiger partial charge in [-0.05, 0) is 74.5 Å². The standard InChI is InChI=1S/C30H29F3N4O/c31-18-30(8-9-30)19-37-13-10-35-28(37)17-36-11-6-21(7-12-36)22-2-1-3-24-26(33)15-27(38-29(22)24)23-5-4-20(16-34)14-25(23)32/h1-5,10,13-15,21,27H,6-9,11-12,17-19H2/t27-/m1/s1. The van der Waals surface area contributed by atoms with Crippen molar-refractivity contribution in [3.63, 3.8) is 0 Å². The van der Waals surface area contributed by atoms with Crippen molar-refractivity contribution in [1.29, 1.82) is 5.26 Å². The third-order valence-electron chi connectivity index (χ3n) is 8.22. The molecular weight excluding hydrogens is 489 g/mol. The largest absolute Gasteiger partial charge is 0.480 e. The van der Waals surface area contributed by atoms with Gasteiger partial charge in [0.2, 0.25) is 0 Å². The Hall–Kier alpha value is -3.57. The number of imidazole rings is 1. The Morgan fingerprint density at radius 3 is 2.63 bits per heavy atom. The molecule has 3 aromatic rings. The molecule has 0 N–H and O–H groups in total. The number of hydrogen-bond acceptors (Lipinski definition) is 4. The topological polar surface area (TPSA) is 54.1 Å². The molecule has 0 unspecified atom stereocenters. The van der Waals surface area contributed by atoms with Crippen molar-refractivity contribution in [1.82, 2.24) is 14.5 Å². The summed E-state index contributed by atoms with van der Waals surface area (Å²) in [5, 5.41) is 9.04. The Balaban J connectivity index is 1.16. The van der Waals surface area contributed by atoms with Crippen molar-refractivity contribution in [2.45, 2.75) is 50.8 Å². The maximum Gasteiger partial charge on any atom is 0.148 e. The summed E-state index contributed by atoms with van der Waals surface area (Å²) < 4.78 is 51.6. The van der Waals surface area contributed by atoms with Crippen molar-refractivity contribution in [2.24, 2.45) is 5.41 Å². The van der Waals surface area contributed by atoms with Crippen molar-refractivity contribution in [3.8, 4) is 11.8 Å². The molecule has 196 valence electrons. The van der Waals surface area contributed by atoms with Gasteiger partial charge in [-0.15, -0.1) is 0 Å². The van der Waals surface area contributed by atoms with Gasteiger partial charge in [-0.3, -0.25) is 9.29 Å². The maximum absolute atomic E-state index is 15.2. The number of para-hydroxylation sites is 1. The highest BCUT2D eigenvalue weighted by atomic mass is 19.1. The Kier molecular flexibility index (Phi) is 6.48. The average molecular weight is 519 g/mol. The molecule has 1 aliphatic carbocycles. The third-order valence-corrected chi connectivity index (χ3v) is 8.22. The van der Waals surface area contributed by atoms with Gasteiger partial charge in [0.25, 0.3) is 0 Å². The number of fused-ring (bicyclic) bond motifs is 1. The van der Waals surface area contributed by atoms with Crippen LogP contribution in [0.4, 0.5) is 13.2 Å². The number of piperidine rings is 1. The van der Waals surface area contributed by atoms with E-state index in [2.05, 4.69) is 14.5 Å². The van der Waals surface area contributed by atoms with Crippen LogP contribution in [0.5, 0.6) is 5.75 Å². The minimum atomic E-state index is -0.908. The predicted octanol–water partition coefficient (Wildman–Crippen LogP) is 6.47. The molecule has 0 amide bonds. The molecule has 0 spiro atoms. The van der Waals surface area contributed by atoms with E-state index in [4.69, 9.17) is 10.00 Å². The molecule has 38 heavy (non-hydrogen) atoms. The van der Waals surface area contributed by atoms with Crippen molar-refractivity contribution >= 4 is 5.83 Å². The molecule has 2 fully saturated rings. The van der Waals surface area contributed by atoms with Crippen molar-refractivity contribution < 1.29 is 17.9 Å². The van der Waals surface area contributed by atoms with Crippen LogP contribution < -0.4 is 4.74 Å². The zero-order valence-electron chi connectivity index (χ0n) is 21.0. The van der Waals surface area contributed by atoms with Gasteiger partial charge in [-0.2, -0.15) is 5.26 Å². The Morgan fingerprint density at radius 2 is 1.92 bits per heavy atom. The molecule has 1 saturated heterocycles. The number of halogens is 3. The van der Waals surface area contributed by atoms with Crippen LogP contribution in [0.15, 0.2) is 54.9 Å². The maximum atomic E-state index is 15.2. The first-order valence-electron chi connectivity index (χ1n) is 13.1. The molecule has 8 heteroatoms. The van der Waals surface area contributed by atoms with Crippen molar-refractivity contribution in [3.05, 3.63) is 88.8 Å². The lowest BCUT2D eigenvalue weighted by molar-refractivity contribution is 0.190. The fourth-order valence-corrected chi connectivity index (χ4v) is 5.67. The summed E-state index contributed by atoms with van der Waals surface area (Å²) in [6.45, 7) is 2.81. The molecule has 0 radical (unpaired) electrons. The smallest absolute Gasteiger partial charge is 0.148 e. The second-order valence-corrected chi connectivity index (χ2v) is 10.8. The molecule has 1 saturated carbocycles. The first-order valence-corrected chi connectivity index (χ1v) is 13.1. The number of ether oxygens (including phenoxy) is 1. The van der Waals surface area contributed by atoms with Crippen LogP contribution in [0.25, 0.3) is 5.83 Å². The number of alkyl halides is 1. The summed E-state index contributed by atoms with van der Waals surface area (Å²) in [5.41, 5.74) is 1.53. The molecule has 6 rings (SSSR count). The van der Waals surface area contributed by atoms with Gasteiger partial charge in [0.05, 0.1) is 30.4 Å². The Labute approximate surface area is 220 Å². The van der Waals surface area contributed by atoms with Gasteiger partial charge >= 0.3 is 0 Å². The number of nitrogens with zero attached hydrogens (tertiary/aromatic N) is 4. The van der Waals surface area contributed by atoms with Crippen LogP contribution in [-0.4, -0.2) is 34.2 Å². The quantitative estimate of drug-likeness (QED) is 0.360. The monoisotopic (exact) mass is 518 g/mol. The SMILES string of the molecule is N#Cc1ccc([C@H]2C=C(F)c3cccc(C4CCN(Cc5nccn5CC5(CF)CC5)CC4)c3O2)c(F)c1. The number of benzene rings is 2. The van der Waals surface area contributed by atoms with E-state index in [0.29, 0.717) is 24.4 Å². The van der Waals surface area contributed by atoms with Crippen molar-refractivity contribution in [2.75, 3.05) is 19.8 Å². The van der Waals surface area contributed by atoms with Crippen LogP contribution in [0, 0.1) is 22.6 Å². The van der Waals surface area contributed by atoms with E-state index < -0.39 is 17.7 Å². The molecule has 2 aliphatic heterocycles.